The topological polar surface area (TPSA) is 81.8 Å². The molecule has 10 heteroatoms. The van der Waals surface area contributed by atoms with Gasteiger partial charge in [-0.25, -0.2) is 8.98 Å². The lowest BCUT2D eigenvalue weighted by Crippen LogP contribution is -2.28. The van der Waals surface area contributed by atoms with E-state index in [2.05, 4.69) is 13.9 Å². The Bertz CT molecular complexity index is 657. The highest BCUT2D eigenvalue weighted by Crippen LogP contribution is 2.36. The van der Waals surface area contributed by atoms with Gasteiger partial charge >= 0.3 is 22.9 Å². The summed E-state index contributed by atoms with van der Waals surface area (Å²) in [6.45, 7) is 1.52. The molecular weight excluding hydrogens is 315 g/mol. The second-order valence-electron chi connectivity index (χ2n) is 3.63. The van der Waals surface area contributed by atoms with E-state index in [0.29, 0.717) is 0 Å². The van der Waals surface area contributed by atoms with Crippen LogP contribution in [0.1, 0.15) is 17.5 Å². The van der Waals surface area contributed by atoms with Crippen molar-refractivity contribution in [3.05, 3.63) is 24.2 Å². The lowest BCUT2D eigenvalue weighted by atomic mass is 10.3. The molecule has 0 aliphatic heterocycles. The van der Waals surface area contributed by atoms with Crippen molar-refractivity contribution in [2.45, 2.75) is 12.4 Å². The van der Waals surface area contributed by atoms with Crippen molar-refractivity contribution in [1.29, 1.82) is 0 Å². The minimum atomic E-state index is -4.99. The molecule has 2 heterocycles. The maximum absolute atomic E-state index is 12.4. The Morgan fingerprint density at radius 2 is 2.24 bits per heavy atom. The number of esters is 1. The van der Waals surface area contributed by atoms with Gasteiger partial charge in [-0.1, -0.05) is 0 Å². The van der Waals surface area contributed by atoms with E-state index in [-0.39, 0.29) is 17.6 Å². The number of carbonyl (C=O) groups excluding carboxylic acids is 1. The van der Waals surface area contributed by atoms with E-state index in [1.165, 1.54) is 19.2 Å². The van der Waals surface area contributed by atoms with Crippen LogP contribution < -0.4 is 4.18 Å². The molecule has 6 nitrogen and oxygen atoms in total. The highest BCUT2D eigenvalue weighted by molar-refractivity contribution is 7.88. The lowest BCUT2D eigenvalue weighted by Gasteiger charge is -2.02. The largest absolute Gasteiger partial charge is 0.654 e. The van der Waals surface area contributed by atoms with Crippen LogP contribution in [0.2, 0.25) is 0 Å². The summed E-state index contributed by atoms with van der Waals surface area (Å²) in [6, 6.07) is 1.34. The molecule has 0 aliphatic carbocycles. The van der Waals surface area contributed by atoms with E-state index in [9.17, 15) is 18.0 Å². The van der Waals surface area contributed by atoms with Crippen molar-refractivity contribution < 1.29 is 35.9 Å². The SMILES string of the molecule is CCOC(=O)c1oc2ccncc2c1O[S+](O)C(F)(F)F. The van der Waals surface area contributed by atoms with Crippen molar-refractivity contribution in [3.63, 3.8) is 0 Å². The molecular formula is C11H9F3NO5S+. The molecule has 0 aliphatic rings. The number of hydrogen-bond acceptors (Lipinski definition) is 6. The Morgan fingerprint density at radius 3 is 2.86 bits per heavy atom. The maximum Gasteiger partial charge on any atom is 0.654 e. The average Bonchev–Trinajstić information content (AvgIpc) is 2.77. The molecule has 0 saturated heterocycles. The van der Waals surface area contributed by atoms with Crippen LogP contribution >= 0.6 is 0 Å². The summed E-state index contributed by atoms with van der Waals surface area (Å²) in [5.41, 5.74) is -4.90. The molecule has 0 radical (unpaired) electrons. The van der Waals surface area contributed by atoms with E-state index in [0.717, 1.165) is 6.20 Å². The van der Waals surface area contributed by atoms with E-state index in [1.54, 1.807) is 0 Å². The fraction of sp³-hybridized carbons (Fsp3) is 0.273. The minimum absolute atomic E-state index is 0.00230. The predicted octanol–water partition coefficient (Wildman–Crippen LogP) is 2.91. The first-order valence-electron chi connectivity index (χ1n) is 5.56. The van der Waals surface area contributed by atoms with Crippen LogP contribution in [0, 0.1) is 0 Å². The maximum atomic E-state index is 12.4. The second-order valence-corrected chi connectivity index (χ2v) is 4.76. The number of furan rings is 1. The zero-order valence-corrected chi connectivity index (χ0v) is 11.3. The Labute approximate surface area is 119 Å². The molecule has 2 aromatic heterocycles. The molecule has 1 atom stereocenters. The highest BCUT2D eigenvalue weighted by Gasteiger charge is 2.58. The molecule has 0 saturated carbocycles. The molecule has 0 bridgehead atoms. The average molecular weight is 324 g/mol. The van der Waals surface area contributed by atoms with Gasteiger partial charge in [0.25, 0.3) is 11.5 Å². The van der Waals surface area contributed by atoms with Crippen LogP contribution in [-0.2, 0) is 16.2 Å². The van der Waals surface area contributed by atoms with Crippen LogP contribution in [-0.4, -0.2) is 27.6 Å². The van der Waals surface area contributed by atoms with E-state index in [4.69, 9.17) is 8.97 Å². The molecule has 2 rings (SSSR count). The molecule has 114 valence electrons. The summed E-state index contributed by atoms with van der Waals surface area (Å²) in [6.07, 6.45) is 2.48. The van der Waals surface area contributed by atoms with Crippen molar-refractivity contribution in [2.75, 3.05) is 6.61 Å². The summed E-state index contributed by atoms with van der Waals surface area (Å²) < 4.78 is 60.5. The zero-order valence-electron chi connectivity index (χ0n) is 10.5. The van der Waals surface area contributed by atoms with Crippen molar-refractivity contribution >= 4 is 28.4 Å². The number of pyridine rings is 1. The minimum Gasteiger partial charge on any atom is -0.460 e. The van der Waals surface area contributed by atoms with Gasteiger partial charge in [-0.2, -0.15) is 0 Å². The molecule has 0 aromatic carbocycles. The number of alkyl halides is 3. The first kappa shape index (κ1) is 15.4. The molecule has 1 unspecified atom stereocenters. The summed E-state index contributed by atoms with van der Waals surface area (Å²) in [7, 11) is 0. The highest BCUT2D eigenvalue weighted by atomic mass is 32.2. The fourth-order valence-electron chi connectivity index (χ4n) is 1.46. The van der Waals surface area contributed by atoms with Crippen molar-refractivity contribution in [2.24, 2.45) is 0 Å². The Balaban J connectivity index is 2.48. The molecule has 21 heavy (non-hydrogen) atoms. The first-order chi connectivity index (χ1) is 9.84. The second kappa shape index (κ2) is 5.82. The number of carbonyl (C=O) groups is 1. The third kappa shape index (κ3) is 3.22. The standard InChI is InChI=1S/C11H9F3NO5S/c1-2-18-10(16)9-8(20-21(17)11(12,13)14)6-5-15-4-3-7(6)19-9/h3-5,17H,2H2,1H3/q+1. The van der Waals surface area contributed by atoms with Gasteiger partial charge in [0.2, 0.25) is 0 Å². The number of rotatable bonds is 4. The van der Waals surface area contributed by atoms with Gasteiger partial charge in [0, 0.05) is 12.4 Å². The van der Waals surface area contributed by atoms with Crippen molar-refractivity contribution in [1.82, 2.24) is 4.98 Å². The Kier molecular flexibility index (Phi) is 4.28. The molecule has 0 spiro atoms. The van der Waals surface area contributed by atoms with E-state index >= 15 is 0 Å². The van der Waals surface area contributed by atoms with Crippen LogP contribution in [0.4, 0.5) is 13.2 Å². The monoisotopic (exact) mass is 324 g/mol. The van der Waals surface area contributed by atoms with Gasteiger partial charge in [-0.15, -0.1) is 17.7 Å². The van der Waals surface area contributed by atoms with Crippen LogP contribution in [0.5, 0.6) is 5.75 Å². The van der Waals surface area contributed by atoms with Gasteiger partial charge in [0.05, 0.1) is 12.0 Å². The van der Waals surface area contributed by atoms with Gasteiger partial charge < -0.3 is 9.15 Å². The molecule has 0 fully saturated rings. The van der Waals surface area contributed by atoms with Gasteiger partial charge in [-0.05, 0) is 13.0 Å². The molecule has 1 N–H and O–H groups in total. The van der Waals surface area contributed by atoms with Crippen LogP contribution in [0.15, 0.2) is 22.9 Å². The van der Waals surface area contributed by atoms with Crippen molar-refractivity contribution in [3.8, 4) is 5.75 Å². The fourth-order valence-corrected chi connectivity index (χ4v) is 1.88. The number of hydrogen-bond donors (Lipinski definition) is 1. The van der Waals surface area contributed by atoms with E-state index < -0.39 is 34.4 Å². The third-order valence-corrected chi connectivity index (χ3v) is 2.99. The molecule has 2 aromatic rings. The number of fused-ring (bicyclic) bond motifs is 1. The summed E-state index contributed by atoms with van der Waals surface area (Å²) >= 11 is -3.40. The number of ether oxygens (including phenoxy) is 1. The Morgan fingerprint density at radius 1 is 1.52 bits per heavy atom. The molecule has 0 amide bonds. The van der Waals surface area contributed by atoms with Gasteiger partial charge in [-0.3, -0.25) is 4.98 Å². The van der Waals surface area contributed by atoms with Gasteiger partial charge in [0.15, 0.2) is 0 Å². The zero-order chi connectivity index (χ0) is 15.6. The third-order valence-electron chi connectivity index (χ3n) is 2.27. The quantitative estimate of drug-likeness (QED) is 0.688. The number of aromatic nitrogens is 1. The Hall–Kier alpha value is -1.94. The predicted molar refractivity (Wildman–Crippen MR) is 66.6 cm³/mol. The smallest absolute Gasteiger partial charge is 0.460 e. The summed E-state index contributed by atoms with van der Waals surface area (Å²) in [4.78, 5) is 15.4. The number of nitrogens with zero attached hydrogens (tertiary/aromatic N) is 1. The van der Waals surface area contributed by atoms with E-state index in [1.807, 2.05) is 0 Å². The normalized spacial score (nSPS) is 13.2. The number of halogens is 3. The van der Waals surface area contributed by atoms with Crippen LogP contribution in [0.3, 0.4) is 0 Å². The lowest BCUT2D eigenvalue weighted by molar-refractivity contribution is -0.0492. The summed E-state index contributed by atoms with van der Waals surface area (Å²) in [5.74, 6) is -2.11. The first-order valence-corrected chi connectivity index (χ1v) is 6.67. The summed E-state index contributed by atoms with van der Waals surface area (Å²) in [5, 5.41) is 0.0244. The van der Waals surface area contributed by atoms with Gasteiger partial charge in [0.1, 0.15) is 5.58 Å². The van der Waals surface area contributed by atoms with Crippen LogP contribution in [0.25, 0.3) is 11.0 Å².